The van der Waals surface area contributed by atoms with Crippen LogP contribution in [0.1, 0.15) is 26.5 Å². The van der Waals surface area contributed by atoms with Crippen molar-refractivity contribution in [2.75, 3.05) is 0 Å². The molecule has 6 heteroatoms. The molecule has 0 amide bonds. The van der Waals surface area contributed by atoms with E-state index < -0.39 is 11.6 Å². The normalized spacial score (nSPS) is 12.1. The average Bonchev–Trinajstić information content (AvgIpc) is 2.84. The standard InChI is InChI=1S/C19H14F3N2.Ir/c1-19(2,3)17-7-10-6-11(20)4-5-12(10)18-23-15-8-13(21)14(22)9-16(15)24(17)18;/h4,6-9H,1-3H3;/q-1;. The Morgan fingerprint density at radius 2 is 1.68 bits per heavy atom. The molecule has 131 valence electrons. The number of fused-ring (bicyclic) bond motifs is 5. The molecule has 1 radical (unpaired) electrons. The molecule has 2 nitrogen and oxygen atoms in total. The van der Waals surface area contributed by atoms with E-state index in [0.29, 0.717) is 27.5 Å². The molecule has 0 aliphatic carbocycles. The SMILES string of the molecule is CC(C)(C)c1cc2cc(F)c[c-]c2c2nc3cc(F)c(F)cc3n12.[Ir]. The molecule has 2 aromatic heterocycles. The molecule has 0 saturated heterocycles. The van der Waals surface area contributed by atoms with E-state index in [-0.39, 0.29) is 31.3 Å². The second-order valence-electron chi connectivity index (χ2n) is 6.95. The predicted octanol–water partition coefficient (Wildman–Crippen LogP) is 5.15. The van der Waals surface area contributed by atoms with Crippen LogP contribution in [0.15, 0.2) is 30.3 Å². The summed E-state index contributed by atoms with van der Waals surface area (Å²) in [5.74, 6) is -2.25. The number of rotatable bonds is 0. The van der Waals surface area contributed by atoms with E-state index in [2.05, 4.69) is 11.1 Å². The van der Waals surface area contributed by atoms with Crippen molar-refractivity contribution in [1.29, 1.82) is 0 Å². The van der Waals surface area contributed by atoms with Gasteiger partial charge in [0.25, 0.3) is 0 Å². The van der Waals surface area contributed by atoms with Crippen molar-refractivity contribution in [3.8, 4) is 0 Å². The molecule has 0 aliphatic heterocycles. The fourth-order valence-electron chi connectivity index (χ4n) is 3.04. The minimum absolute atomic E-state index is 0. The molecule has 0 N–H and O–H groups in total. The van der Waals surface area contributed by atoms with Crippen molar-refractivity contribution < 1.29 is 33.3 Å². The summed E-state index contributed by atoms with van der Waals surface area (Å²) in [6, 6.07) is 9.62. The molecule has 0 saturated carbocycles. The largest absolute Gasteiger partial charge is 0.337 e. The van der Waals surface area contributed by atoms with Crippen LogP contribution in [-0.4, -0.2) is 9.38 Å². The van der Waals surface area contributed by atoms with E-state index >= 15 is 0 Å². The van der Waals surface area contributed by atoms with E-state index in [4.69, 9.17) is 0 Å². The van der Waals surface area contributed by atoms with Crippen molar-refractivity contribution in [3.63, 3.8) is 0 Å². The van der Waals surface area contributed by atoms with Crippen LogP contribution in [0, 0.1) is 23.5 Å². The summed E-state index contributed by atoms with van der Waals surface area (Å²) in [6.07, 6.45) is 0. The van der Waals surface area contributed by atoms with Crippen molar-refractivity contribution in [2.45, 2.75) is 26.2 Å². The third kappa shape index (κ3) is 2.74. The molecule has 4 rings (SSSR count). The fourth-order valence-corrected chi connectivity index (χ4v) is 3.04. The number of halogens is 3. The summed E-state index contributed by atoms with van der Waals surface area (Å²) in [7, 11) is 0. The van der Waals surface area contributed by atoms with E-state index in [1.54, 1.807) is 4.40 Å². The van der Waals surface area contributed by atoms with Gasteiger partial charge in [-0.25, -0.2) is 8.78 Å². The first-order chi connectivity index (χ1) is 11.3. The summed E-state index contributed by atoms with van der Waals surface area (Å²) < 4.78 is 42.8. The van der Waals surface area contributed by atoms with Crippen LogP contribution in [0.4, 0.5) is 13.2 Å². The molecular weight excluding hydrogens is 505 g/mol. The summed E-state index contributed by atoms with van der Waals surface area (Å²) >= 11 is 0. The van der Waals surface area contributed by atoms with Gasteiger partial charge in [0.2, 0.25) is 0 Å². The van der Waals surface area contributed by atoms with Gasteiger partial charge in [-0.3, -0.25) is 9.37 Å². The van der Waals surface area contributed by atoms with E-state index in [1.165, 1.54) is 12.1 Å². The zero-order chi connectivity index (χ0) is 17.2. The van der Waals surface area contributed by atoms with Crippen molar-refractivity contribution >= 4 is 27.5 Å². The first-order valence-corrected chi connectivity index (χ1v) is 7.57. The van der Waals surface area contributed by atoms with Crippen LogP contribution in [-0.2, 0) is 25.5 Å². The minimum Gasteiger partial charge on any atom is -0.337 e. The van der Waals surface area contributed by atoms with Gasteiger partial charge in [0, 0.05) is 49.2 Å². The zero-order valence-corrected chi connectivity index (χ0v) is 16.1. The maximum absolute atomic E-state index is 13.8. The van der Waals surface area contributed by atoms with E-state index in [0.717, 1.165) is 17.8 Å². The van der Waals surface area contributed by atoms with Gasteiger partial charge in [0.05, 0.1) is 16.7 Å². The first-order valence-electron chi connectivity index (χ1n) is 7.57. The van der Waals surface area contributed by atoms with Gasteiger partial charge in [-0.15, -0.1) is 29.0 Å². The summed E-state index contributed by atoms with van der Waals surface area (Å²) in [6.45, 7) is 6.01. The number of nitrogens with zero attached hydrogens (tertiary/aromatic N) is 2. The molecule has 0 atom stereocenters. The molecule has 0 spiro atoms. The molecule has 0 fully saturated rings. The topological polar surface area (TPSA) is 17.3 Å². The van der Waals surface area contributed by atoms with Gasteiger partial charge in [-0.05, 0) is 0 Å². The number of benzene rings is 2. The number of imidazole rings is 1. The maximum atomic E-state index is 13.8. The molecule has 0 bridgehead atoms. The Hall–Kier alpha value is -1.91. The third-order valence-corrected chi connectivity index (χ3v) is 4.16. The van der Waals surface area contributed by atoms with Gasteiger partial charge >= 0.3 is 0 Å². The Morgan fingerprint density at radius 3 is 2.36 bits per heavy atom. The minimum atomic E-state index is -0.942. The van der Waals surface area contributed by atoms with Gasteiger partial charge in [0.15, 0.2) is 11.6 Å². The molecule has 0 aliphatic rings. The van der Waals surface area contributed by atoms with Crippen LogP contribution < -0.4 is 0 Å². The number of aromatic nitrogens is 2. The van der Waals surface area contributed by atoms with Crippen molar-refractivity contribution in [3.05, 3.63) is 59.5 Å². The van der Waals surface area contributed by atoms with Crippen molar-refractivity contribution in [2.24, 2.45) is 0 Å². The summed E-state index contributed by atoms with van der Waals surface area (Å²) in [4.78, 5) is 4.45. The maximum Gasteiger partial charge on any atom is 0.161 e. The number of hydrogen-bond donors (Lipinski definition) is 0. The van der Waals surface area contributed by atoms with E-state index in [1.807, 2.05) is 26.8 Å². The average molecular weight is 520 g/mol. The fraction of sp³-hybridized carbons (Fsp3) is 0.211. The molecule has 2 aromatic carbocycles. The van der Waals surface area contributed by atoms with Crippen molar-refractivity contribution in [1.82, 2.24) is 9.38 Å². The molecule has 4 aromatic rings. The van der Waals surface area contributed by atoms with Crippen LogP contribution in [0.25, 0.3) is 27.5 Å². The van der Waals surface area contributed by atoms with Gasteiger partial charge in [0.1, 0.15) is 0 Å². The van der Waals surface area contributed by atoms with Crippen LogP contribution >= 0.6 is 0 Å². The Bertz CT molecular complexity index is 1130. The Balaban J connectivity index is 0.00000182. The molecule has 2 heterocycles. The Morgan fingerprint density at radius 1 is 1.00 bits per heavy atom. The van der Waals surface area contributed by atoms with Crippen LogP contribution in [0.2, 0.25) is 0 Å². The Kier molecular flexibility index (Phi) is 4.17. The summed E-state index contributed by atoms with van der Waals surface area (Å²) in [5, 5.41) is 1.27. The molecular formula is C19H14F3IrN2-. The van der Waals surface area contributed by atoms with Gasteiger partial charge in [-0.2, -0.15) is 0 Å². The third-order valence-electron chi connectivity index (χ3n) is 4.16. The van der Waals surface area contributed by atoms with Crippen LogP contribution in [0.3, 0.4) is 0 Å². The second kappa shape index (κ2) is 5.82. The van der Waals surface area contributed by atoms with Crippen LogP contribution in [0.5, 0.6) is 0 Å². The second-order valence-corrected chi connectivity index (χ2v) is 6.95. The van der Waals surface area contributed by atoms with E-state index in [9.17, 15) is 13.2 Å². The van der Waals surface area contributed by atoms with Gasteiger partial charge < -0.3 is 4.40 Å². The monoisotopic (exact) mass is 520 g/mol. The van der Waals surface area contributed by atoms with Gasteiger partial charge in [-0.1, -0.05) is 26.8 Å². The Labute approximate surface area is 156 Å². The first kappa shape index (κ1) is 17.9. The zero-order valence-electron chi connectivity index (χ0n) is 13.7. The summed E-state index contributed by atoms with van der Waals surface area (Å²) in [5.41, 5.74) is 1.87. The smallest absolute Gasteiger partial charge is 0.161 e. The molecule has 25 heavy (non-hydrogen) atoms. The number of pyridine rings is 1. The number of hydrogen-bond acceptors (Lipinski definition) is 1. The molecule has 0 unspecified atom stereocenters. The quantitative estimate of drug-likeness (QED) is 0.294. The predicted molar refractivity (Wildman–Crippen MR) is 87.6 cm³/mol.